The number of halogens is 4. The smallest absolute Gasteiger partial charge is 0.378 e. The first-order valence-corrected chi connectivity index (χ1v) is 13.9. The average Bonchev–Trinajstić information content (AvgIpc) is 2.96. The van der Waals surface area contributed by atoms with Gasteiger partial charge in [0.2, 0.25) is 5.95 Å². The summed E-state index contributed by atoms with van der Waals surface area (Å²) in [6, 6.07) is 6.58. The number of nitrogens with zero attached hydrogens (tertiary/aromatic N) is 5. The summed E-state index contributed by atoms with van der Waals surface area (Å²) >= 11 is 0. The zero-order valence-corrected chi connectivity index (χ0v) is 24.0. The normalized spacial score (nSPS) is 20.1. The van der Waals surface area contributed by atoms with E-state index in [1.165, 1.54) is 37.5 Å². The van der Waals surface area contributed by atoms with Gasteiger partial charge in [-0.1, -0.05) is 11.6 Å². The average molecular weight is 587 g/mol. The van der Waals surface area contributed by atoms with Gasteiger partial charge >= 0.3 is 6.18 Å². The number of morpholine rings is 1. The highest BCUT2D eigenvalue weighted by atomic mass is 19.4. The quantitative estimate of drug-likeness (QED) is 0.411. The molecule has 1 aromatic heterocycles. The number of piperazine rings is 1. The Balaban J connectivity index is 1.54. The molecule has 8 nitrogen and oxygen atoms in total. The van der Waals surface area contributed by atoms with E-state index in [0.29, 0.717) is 62.2 Å². The van der Waals surface area contributed by atoms with Crippen molar-refractivity contribution in [2.45, 2.75) is 39.0 Å². The number of carbonyl (C=O) groups is 1. The molecule has 0 bridgehead atoms. The van der Waals surface area contributed by atoms with Crippen LogP contribution in [0.25, 0.3) is 11.1 Å². The summed E-state index contributed by atoms with van der Waals surface area (Å²) in [7, 11) is 2.01. The molecule has 2 aromatic carbocycles. The summed E-state index contributed by atoms with van der Waals surface area (Å²) in [5, 5.41) is 2.67. The number of alkyl halides is 3. The topological polar surface area (TPSA) is 73.8 Å². The molecule has 224 valence electrons. The summed E-state index contributed by atoms with van der Waals surface area (Å²) in [4.78, 5) is 28.3. The van der Waals surface area contributed by atoms with Crippen LogP contribution < -0.4 is 15.1 Å². The Kier molecular flexibility index (Phi) is 8.38. The van der Waals surface area contributed by atoms with Crippen LogP contribution in [0, 0.1) is 12.7 Å². The van der Waals surface area contributed by atoms with E-state index in [1.54, 1.807) is 0 Å². The number of hydrogen-bond donors (Lipinski definition) is 1. The van der Waals surface area contributed by atoms with E-state index in [9.17, 15) is 18.0 Å². The minimum absolute atomic E-state index is 0.120. The highest BCUT2D eigenvalue weighted by molar-refractivity contribution is 6.07. The summed E-state index contributed by atoms with van der Waals surface area (Å²) in [6.45, 7) is 9.09. The summed E-state index contributed by atoms with van der Waals surface area (Å²) < 4.78 is 62.7. The first kappa shape index (κ1) is 29.7. The molecule has 2 aliphatic heterocycles. The van der Waals surface area contributed by atoms with Gasteiger partial charge in [0.15, 0.2) is 0 Å². The van der Waals surface area contributed by atoms with Crippen molar-refractivity contribution in [3.63, 3.8) is 0 Å². The van der Waals surface area contributed by atoms with Crippen LogP contribution in [0.3, 0.4) is 0 Å². The third-order valence-corrected chi connectivity index (χ3v) is 8.00. The van der Waals surface area contributed by atoms with Gasteiger partial charge in [-0.15, -0.1) is 0 Å². The lowest BCUT2D eigenvalue weighted by molar-refractivity contribution is -0.137. The molecule has 12 heteroatoms. The molecule has 3 heterocycles. The number of amides is 1. The fourth-order valence-corrected chi connectivity index (χ4v) is 5.41. The lowest BCUT2D eigenvalue weighted by atomic mass is 10.0. The number of aromatic nitrogens is 2. The number of anilines is 3. The molecule has 3 aromatic rings. The Labute approximate surface area is 242 Å². The highest BCUT2D eigenvalue weighted by Gasteiger charge is 2.36. The minimum atomic E-state index is -4.72. The number of likely N-dealkylation sites (N-methyl/N-ethyl adjacent to an activating group) is 1. The summed E-state index contributed by atoms with van der Waals surface area (Å²) in [6.07, 6.45) is -1.72. The Hall–Kier alpha value is -3.77. The molecule has 0 saturated carbocycles. The van der Waals surface area contributed by atoms with E-state index in [-0.39, 0.29) is 23.3 Å². The van der Waals surface area contributed by atoms with Gasteiger partial charge in [0.25, 0.3) is 5.91 Å². The second-order valence-corrected chi connectivity index (χ2v) is 11.0. The molecule has 5 rings (SSSR count). The molecule has 42 heavy (non-hydrogen) atoms. The molecular formula is C30H34F4N6O2. The SMILES string of the molecule is Cc1ccc(C(=O)Nc2cc(-c3cnc(N4CCOCC4)nc3)c(F)cc2N2C[C@@H](C)N(C)[C@@H](C)C2)c(C(F)(F)F)c1. The number of ether oxygens (including phenoxy) is 1. The third kappa shape index (κ3) is 6.19. The van der Waals surface area contributed by atoms with Crippen molar-refractivity contribution >= 4 is 23.2 Å². The molecular weight excluding hydrogens is 552 g/mol. The largest absolute Gasteiger partial charge is 0.417 e. The van der Waals surface area contributed by atoms with Gasteiger partial charge in [-0.2, -0.15) is 13.2 Å². The van der Waals surface area contributed by atoms with Crippen LogP contribution in [0.15, 0.2) is 42.7 Å². The minimum Gasteiger partial charge on any atom is -0.378 e. The summed E-state index contributed by atoms with van der Waals surface area (Å²) in [5.41, 5.74) is -0.0735. The predicted molar refractivity (Wildman–Crippen MR) is 153 cm³/mol. The van der Waals surface area contributed by atoms with Crippen LogP contribution in [0.2, 0.25) is 0 Å². The molecule has 0 aliphatic carbocycles. The van der Waals surface area contributed by atoms with Gasteiger partial charge in [0.1, 0.15) is 5.82 Å². The van der Waals surface area contributed by atoms with Gasteiger partial charge in [-0.3, -0.25) is 9.69 Å². The Bertz CT molecular complexity index is 1430. The molecule has 2 aliphatic rings. The van der Waals surface area contributed by atoms with E-state index in [0.717, 1.165) is 12.1 Å². The van der Waals surface area contributed by atoms with Crippen molar-refractivity contribution in [1.29, 1.82) is 0 Å². The van der Waals surface area contributed by atoms with Crippen LogP contribution >= 0.6 is 0 Å². The molecule has 2 atom stereocenters. The number of nitrogens with one attached hydrogen (secondary N) is 1. The van der Waals surface area contributed by atoms with E-state index in [4.69, 9.17) is 4.74 Å². The maximum atomic E-state index is 15.7. The van der Waals surface area contributed by atoms with E-state index in [2.05, 4.69) is 20.2 Å². The number of aryl methyl sites for hydroxylation is 1. The number of benzene rings is 2. The first-order chi connectivity index (χ1) is 19.9. The van der Waals surface area contributed by atoms with Crippen molar-refractivity contribution in [3.8, 4) is 11.1 Å². The van der Waals surface area contributed by atoms with Crippen LogP contribution in [-0.2, 0) is 10.9 Å². The van der Waals surface area contributed by atoms with Crippen LogP contribution in [-0.4, -0.2) is 79.3 Å². The van der Waals surface area contributed by atoms with Crippen molar-refractivity contribution < 1.29 is 27.1 Å². The number of rotatable bonds is 5. The summed E-state index contributed by atoms with van der Waals surface area (Å²) in [5.74, 6) is -1.00. The lowest BCUT2D eigenvalue weighted by Crippen LogP contribution is -2.55. The lowest BCUT2D eigenvalue weighted by Gasteiger charge is -2.44. The molecule has 1 amide bonds. The Morgan fingerprint density at radius 1 is 1.00 bits per heavy atom. The van der Waals surface area contributed by atoms with Crippen molar-refractivity contribution in [2.75, 3.05) is 61.6 Å². The van der Waals surface area contributed by atoms with Gasteiger partial charge < -0.3 is 19.9 Å². The molecule has 0 unspecified atom stereocenters. The zero-order chi connectivity index (χ0) is 30.2. The highest BCUT2D eigenvalue weighted by Crippen LogP contribution is 2.37. The Morgan fingerprint density at radius 3 is 2.26 bits per heavy atom. The van der Waals surface area contributed by atoms with Crippen molar-refractivity contribution in [1.82, 2.24) is 14.9 Å². The van der Waals surface area contributed by atoms with E-state index in [1.807, 2.05) is 30.7 Å². The fourth-order valence-electron chi connectivity index (χ4n) is 5.41. The molecule has 0 spiro atoms. The monoisotopic (exact) mass is 586 g/mol. The first-order valence-electron chi connectivity index (χ1n) is 13.9. The van der Waals surface area contributed by atoms with Crippen molar-refractivity contribution in [3.05, 3.63) is 65.2 Å². The number of carbonyl (C=O) groups excluding carboxylic acids is 1. The standard InChI is InChI=1S/C30H34F4N6O2/c1-18-5-6-22(24(11-18)30(32,33)34)28(41)37-26-12-23(21-14-35-29(36-15-21)39-7-9-42-10-8-39)25(31)13-27(26)40-16-19(2)38(4)20(3)17-40/h5-6,11-15,19-20H,7-10,16-17H2,1-4H3,(H,37,41)/t19-,20+. The van der Waals surface area contributed by atoms with Gasteiger partial charge in [0, 0.05) is 61.8 Å². The second kappa shape index (κ2) is 11.8. The molecule has 2 fully saturated rings. The van der Waals surface area contributed by atoms with Crippen LogP contribution in [0.1, 0.15) is 35.3 Å². The van der Waals surface area contributed by atoms with Gasteiger partial charge in [-0.25, -0.2) is 14.4 Å². The molecule has 2 saturated heterocycles. The van der Waals surface area contributed by atoms with Crippen LogP contribution in [0.4, 0.5) is 34.9 Å². The predicted octanol–water partition coefficient (Wildman–Crippen LogP) is 5.23. The maximum Gasteiger partial charge on any atom is 0.417 e. The third-order valence-electron chi connectivity index (χ3n) is 8.00. The van der Waals surface area contributed by atoms with Gasteiger partial charge in [-0.05, 0) is 52.1 Å². The van der Waals surface area contributed by atoms with Gasteiger partial charge in [0.05, 0.1) is 35.7 Å². The molecule has 0 radical (unpaired) electrons. The fraction of sp³-hybridized carbons (Fsp3) is 0.433. The van der Waals surface area contributed by atoms with Crippen LogP contribution in [0.5, 0.6) is 0 Å². The second-order valence-electron chi connectivity index (χ2n) is 11.0. The van der Waals surface area contributed by atoms with E-state index >= 15 is 4.39 Å². The maximum absolute atomic E-state index is 15.7. The molecule has 1 N–H and O–H groups in total. The Morgan fingerprint density at radius 2 is 1.64 bits per heavy atom. The van der Waals surface area contributed by atoms with E-state index < -0.39 is 29.0 Å². The number of hydrogen-bond acceptors (Lipinski definition) is 7. The zero-order valence-electron chi connectivity index (χ0n) is 24.0. The van der Waals surface area contributed by atoms with Crippen molar-refractivity contribution in [2.24, 2.45) is 0 Å².